The topological polar surface area (TPSA) is 91.9 Å². The molecular formula is C24H23N3O3S. The predicted octanol–water partition coefficient (Wildman–Crippen LogP) is 4.62. The Hall–Kier alpha value is -3.45. The average molecular weight is 434 g/mol. The zero-order valence-corrected chi connectivity index (χ0v) is 18.6. The monoisotopic (exact) mass is 433 g/mol. The van der Waals surface area contributed by atoms with E-state index in [9.17, 15) is 13.2 Å². The molecule has 158 valence electrons. The number of hydrogen-bond acceptors (Lipinski definition) is 4. The van der Waals surface area contributed by atoms with Gasteiger partial charge < -0.3 is 4.98 Å². The Morgan fingerprint density at radius 3 is 2.26 bits per heavy atom. The van der Waals surface area contributed by atoms with E-state index in [2.05, 4.69) is 14.7 Å². The molecule has 4 aromatic rings. The quantitative estimate of drug-likeness (QED) is 0.491. The Morgan fingerprint density at radius 1 is 0.871 bits per heavy atom. The fourth-order valence-corrected chi connectivity index (χ4v) is 5.48. The SMILES string of the molecule is Cc1cc(C)c(S(=O)(=O)Nc2ccc(C)cc2-c2nc3ccccc3[nH]c2=O)c(C)c1. The van der Waals surface area contributed by atoms with Gasteiger partial charge >= 0.3 is 0 Å². The van der Waals surface area contributed by atoms with Gasteiger partial charge in [-0.15, -0.1) is 0 Å². The van der Waals surface area contributed by atoms with Crippen LogP contribution in [0.15, 0.2) is 64.3 Å². The number of rotatable bonds is 4. The minimum absolute atomic E-state index is 0.164. The van der Waals surface area contributed by atoms with E-state index in [1.54, 1.807) is 44.2 Å². The normalized spacial score (nSPS) is 11.6. The minimum Gasteiger partial charge on any atom is -0.319 e. The van der Waals surface area contributed by atoms with E-state index in [4.69, 9.17) is 0 Å². The highest BCUT2D eigenvalue weighted by Gasteiger charge is 2.22. The summed E-state index contributed by atoms with van der Waals surface area (Å²) in [5.41, 5.74) is 4.98. The molecule has 0 atom stereocenters. The lowest BCUT2D eigenvalue weighted by Crippen LogP contribution is -2.18. The highest BCUT2D eigenvalue weighted by molar-refractivity contribution is 7.92. The summed E-state index contributed by atoms with van der Waals surface area (Å²) in [6.07, 6.45) is 0. The molecule has 6 nitrogen and oxygen atoms in total. The lowest BCUT2D eigenvalue weighted by molar-refractivity contribution is 0.600. The van der Waals surface area contributed by atoms with Crippen LogP contribution in [0.25, 0.3) is 22.3 Å². The van der Waals surface area contributed by atoms with Crippen LogP contribution in [-0.2, 0) is 10.0 Å². The first-order valence-corrected chi connectivity index (χ1v) is 11.3. The molecule has 0 spiro atoms. The molecule has 1 aromatic heterocycles. The van der Waals surface area contributed by atoms with Crippen molar-refractivity contribution in [2.75, 3.05) is 4.72 Å². The van der Waals surface area contributed by atoms with Crippen molar-refractivity contribution in [2.45, 2.75) is 32.6 Å². The Labute approximate surface area is 181 Å². The van der Waals surface area contributed by atoms with Gasteiger partial charge in [-0.1, -0.05) is 41.5 Å². The molecule has 2 N–H and O–H groups in total. The molecule has 0 aliphatic heterocycles. The second kappa shape index (κ2) is 7.67. The van der Waals surface area contributed by atoms with Crippen LogP contribution < -0.4 is 10.3 Å². The van der Waals surface area contributed by atoms with Crippen molar-refractivity contribution >= 4 is 26.7 Å². The van der Waals surface area contributed by atoms with Gasteiger partial charge in [0.25, 0.3) is 15.6 Å². The minimum atomic E-state index is -3.88. The number of anilines is 1. The van der Waals surface area contributed by atoms with Crippen LogP contribution in [0.5, 0.6) is 0 Å². The number of aromatic nitrogens is 2. The summed E-state index contributed by atoms with van der Waals surface area (Å²) in [6, 6.07) is 16.1. The summed E-state index contributed by atoms with van der Waals surface area (Å²) >= 11 is 0. The molecular weight excluding hydrogens is 410 g/mol. The molecule has 0 unspecified atom stereocenters. The lowest BCUT2D eigenvalue weighted by atomic mass is 10.1. The smallest absolute Gasteiger partial charge is 0.275 e. The number of aryl methyl sites for hydroxylation is 4. The molecule has 31 heavy (non-hydrogen) atoms. The van der Waals surface area contributed by atoms with Gasteiger partial charge in [0, 0.05) is 5.56 Å². The number of nitrogens with zero attached hydrogens (tertiary/aromatic N) is 1. The highest BCUT2D eigenvalue weighted by atomic mass is 32.2. The van der Waals surface area contributed by atoms with Crippen LogP contribution >= 0.6 is 0 Å². The van der Waals surface area contributed by atoms with Crippen LogP contribution in [0.2, 0.25) is 0 Å². The maximum Gasteiger partial charge on any atom is 0.275 e. The fraction of sp³-hybridized carbons (Fsp3) is 0.167. The van der Waals surface area contributed by atoms with E-state index >= 15 is 0 Å². The van der Waals surface area contributed by atoms with Gasteiger partial charge in [0.2, 0.25) is 0 Å². The van der Waals surface area contributed by atoms with E-state index < -0.39 is 10.0 Å². The van der Waals surface area contributed by atoms with Gasteiger partial charge in [-0.05, 0) is 63.1 Å². The molecule has 1 heterocycles. The second-order valence-corrected chi connectivity index (χ2v) is 9.43. The van der Waals surface area contributed by atoms with Crippen molar-refractivity contribution in [3.05, 3.63) is 87.2 Å². The summed E-state index contributed by atoms with van der Waals surface area (Å²) in [6.45, 7) is 7.37. The molecule has 0 saturated carbocycles. The third kappa shape index (κ3) is 3.96. The first-order valence-electron chi connectivity index (χ1n) is 9.86. The molecule has 0 bridgehead atoms. The summed E-state index contributed by atoms with van der Waals surface area (Å²) < 4.78 is 29.3. The maximum absolute atomic E-state index is 13.3. The zero-order chi connectivity index (χ0) is 22.3. The zero-order valence-electron chi connectivity index (χ0n) is 17.8. The molecule has 0 fully saturated rings. The van der Waals surface area contributed by atoms with Crippen LogP contribution in [0, 0.1) is 27.7 Å². The maximum atomic E-state index is 13.3. The lowest BCUT2D eigenvalue weighted by Gasteiger charge is -2.16. The molecule has 0 aliphatic rings. The van der Waals surface area contributed by atoms with E-state index in [0.717, 1.165) is 11.1 Å². The van der Waals surface area contributed by atoms with Gasteiger partial charge in [0.05, 0.1) is 21.6 Å². The van der Waals surface area contributed by atoms with E-state index in [1.165, 1.54) is 0 Å². The van der Waals surface area contributed by atoms with E-state index in [1.807, 2.05) is 38.1 Å². The number of fused-ring (bicyclic) bond motifs is 1. The van der Waals surface area contributed by atoms with Crippen LogP contribution in [0.3, 0.4) is 0 Å². The average Bonchev–Trinajstić information content (AvgIpc) is 2.67. The number of benzene rings is 3. The van der Waals surface area contributed by atoms with Crippen LogP contribution in [0.1, 0.15) is 22.3 Å². The number of aromatic amines is 1. The Kier molecular flexibility index (Phi) is 5.15. The van der Waals surface area contributed by atoms with Crippen molar-refractivity contribution in [3.63, 3.8) is 0 Å². The fourth-order valence-electron chi connectivity index (χ4n) is 3.94. The van der Waals surface area contributed by atoms with Crippen LogP contribution in [0.4, 0.5) is 5.69 Å². The Morgan fingerprint density at radius 2 is 1.55 bits per heavy atom. The summed E-state index contributed by atoms with van der Waals surface area (Å²) in [5.74, 6) is 0. The van der Waals surface area contributed by atoms with E-state index in [-0.39, 0.29) is 16.1 Å². The van der Waals surface area contributed by atoms with Crippen LogP contribution in [-0.4, -0.2) is 18.4 Å². The van der Waals surface area contributed by atoms with Gasteiger partial charge in [-0.2, -0.15) is 0 Å². The molecule has 3 aromatic carbocycles. The van der Waals surface area contributed by atoms with Gasteiger partial charge in [0.15, 0.2) is 0 Å². The first kappa shape index (κ1) is 20.8. The molecule has 4 rings (SSSR count). The second-order valence-electron chi connectivity index (χ2n) is 7.81. The van der Waals surface area contributed by atoms with Gasteiger partial charge in [0.1, 0.15) is 5.69 Å². The largest absolute Gasteiger partial charge is 0.319 e. The third-order valence-corrected chi connectivity index (χ3v) is 6.82. The summed E-state index contributed by atoms with van der Waals surface area (Å²) in [5, 5.41) is 0. The van der Waals surface area contributed by atoms with Crippen molar-refractivity contribution < 1.29 is 8.42 Å². The van der Waals surface area contributed by atoms with Crippen molar-refractivity contribution in [1.29, 1.82) is 0 Å². The molecule has 0 amide bonds. The van der Waals surface area contributed by atoms with Crippen molar-refractivity contribution in [2.24, 2.45) is 0 Å². The predicted molar refractivity (Wildman–Crippen MR) is 124 cm³/mol. The van der Waals surface area contributed by atoms with Gasteiger partial charge in [-0.3, -0.25) is 9.52 Å². The summed E-state index contributed by atoms with van der Waals surface area (Å²) in [4.78, 5) is 20.4. The molecule has 0 radical (unpaired) electrons. The first-order chi connectivity index (χ1) is 14.7. The number of hydrogen-bond donors (Lipinski definition) is 2. The Balaban J connectivity index is 1.88. The summed E-state index contributed by atoms with van der Waals surface area (Å²) in [7, 11) is -3.88. The third-order valence-electron chi connectivity index (χ3n) is 5.15. The number of H-pyrrole nitrogens is 1. The van der Waals surface area contributed by atoms with Crippen molar-refractivity contribution in [1.82, 2.24) is 9.97 Å². The van der Waals surface area contributed by atoms with Crippen molar-refractivity contribution in [3.8, 4) is 11.3 Å². The van der Waals surface area contributed by atoms with E-state index in [0.29, 0.717) is 33.4 Å². The standard InChI is InChI=1S/C24H23N3O3S/c1-14-9-10-19(27-31(29,30)23-16(3)11-15(2)12-17(23)4)18(13-14)22-24(28)26-21-8-6-5-7-20(21)25-22/h5-13,27H,1-4H3,(H,26,28). The molecule has 7 heteroatoms. The number of sulfonamides is 1. The molecule has 0 saturated heterocycles. The molecule has 0 aliphatic carbocycles. The number of para-hydroxylation sites is 2. The highest BCUT2D eigenvalue weighted by Crippen LogP contribution is 2.30. The number of nitrogens with one attached hydrogen (secondary N) is 2. The van der Waals surface area contributed by atoms with Gasteiger partial charge in [-0.25, -0.2) is 13.4 Å². The Bertz CT molecular complexity index is 1460.